The normalized spacial score (nSPS) is 12.0. The molecule has 0 aliphatic rings. The molecule has 0 fully saturated rings. The van der Waals surface area contributed by atoms with Crippen molar-refractivity contribution in [2.75, 3.05) is 13.2 Å². The number of hydrogen-bond donors (Lipinski definition) is 1. The van der Waals surface area contributed by atoms with E-state index in [-0.39, 0.29) is 0 Å². The van der Waals surface area contributed by atoms with E-state index in [9.17, 15) is 5.11 Å². The van der Waals surface area contributed by atoms with E-state index < -0.39 is 6.10 Å². The summed E-state index contributed by atoms with van der Waals surface area (Å²) in [5, 5.41) is 9.74. The fourth-order valence-electron chi connectivity index (χ4n) is 2.06. The minimum atomic E-state index is -0.527. The van der Waals surface area contributed by atoms with Gasteiger partial charge in [-0.2, -0.15) is 0 Å². The molecule has 3 nitrogen and oxygen atoms in total. The lowest BCUT2D eigenvalue weighted by atomic mass is 10.1. The maximum Gasteiger partial charge on any atom is 0.125 e. The number of para-hydroxylation sites is 1. The maximum absolute atomic E-state index is 9.74. The molecule has 0 saturated heterocycles. The number of hydrogen-bond acceptors (Lipinski definition) is 3. The second-order valence-electron chi connectivity index (χ2n) is 5.08. The summed E-state index contributed by atoms with van der Waals surface area (Å²) in [4.78, 5) is 0. The van der Waals surface area contributed by atoms with Crippen LogP contribution in [-0.4, -0.2) is 18.3 Å². The predicted molar refractivity (Wildman–Crippen MR) is 83.9 cm³/mol. The van der Waals surface area contributed by atoms with E-state index in [0.717, 1.165) is 29.0 Å². The highest BCUT2D eigenvalue weighted by molar-refractivity contribution is 5.38. The van der Waals surface area contributed by atoms with Crippen molar-refractivity contribution in [1.82, 2.24) is 0 Å². The van der Waals surface area contributed by atoms with Crippen molar-refractivity contribution >= 4 is 0 Å². The molecule has 3 heteroatoms. The smallest absolute Gasteiger partial charge is 0.125 e. The van der Waals surface area contributed by atoms with Crippen LogP contribution in [0.2, 0.25) is 0 Å². The summed E-state index contributed by atoms with van der Waals surface area (Å²) in [6.07, 6.45) is 0.267. The first-order valence-electron chi connectivity index (χ1n) is 7.26. The molecule has 1 unspecified atom stereocenters. The SMILES string of the molecule is Cc1ccc(C(C)O)c(OCCCOc2ccccc2)c1. The first-order chi connectivity index (χ1) is 10.2. The maximum atomic E-state index is 9.74. The van der Waals surface area contributed by atoms with Gasteiger partial charge in [0.05, 0.1) is 19.3 Å². The Kier molecular flexibility index (Phi) is 5.64. The highest BCUT2D eigenvalue weighted by Crippen LogP contribution is 2.26. The molecule has 0 aliphatic heterocycles. The van der Waals surface area contributed by atoms with Crippen LogP contribution in [0, 0.1) is 6.92 Å². The largest absolute Gasteiger partial charge is 0.493 e. The Labute approximate surface area is 126 Å². The summed E-state index contributed by atoms with van der Waals surface area (Å²) in [5.41, 5.74) is 1.94. The third-order valence-electron chi connectivity index (χ3n) is 3.18. The molecular weight excluding hydrogens is 264 g/mol. The van der Waals surface area contributed by atoms with E-state index in [1.807, 2.05) is 55.5 Å². The second kappa shape index (κ2) is 7.70. The average Bonchev–Trinajstić information content (AvgIpc) is 2.48. The van der Waals surface area contributed by atoms with E-state index in [2.05, 4.69) is 0 Å². The number of aliphatic hydroxyl groups excluding tert-OH is 1. The van der Waals surface area contributed by atoms with Crippen molar-refractivity contribution in [1.29, 1.82) is 0 Å². The topological polar surface area (TPSA) is 38.7 Å². The Morgan fingerprint density at radius 1 is 1.00 bits per heavy atom. The first kappa shape index (κ1) is 15.4. The van der Waals surface area contributed by atoms with Gasteiger partial charge in [-0.05, 0) is 37.6 Å². The van der Waals surface area contributed by atoms with Crippen molar-refractivity contribution in [2.24, 2.45) is 0 Å². The molecule has 21 heavy (non-hydrogen) atoms. The summed E-state index contributed by atoms with van der Waals surface area (Å²) in [6.45, 7) is 4.93. The van der Waals surface area contributed by atoms with Crippen molar-refractivity contribution in [2.45, 2.75) is 26.4 Å². The van der Waals surface area contributed by atoms with Crippen LogP contribution >= 0.6 is 0 Å². The van der Waals surface area contributed by atoms with Crippen LogP contribution in [0.5, 0.6) is 11.5 Å². The van der Waals surface area contributed by atoms with Gasteiger partial charge in [0, 0.05) is 12.0 Å². The zero-order valence-electron chi connectivity index (χ0n) is 12.6. The Bertz CT molecular complexity index is 550. The molecule has 0 spiro atoms. The summed E-state index contributed by atoms with van der Waals surface area (Å²) >= 11 is 0. The highest BCUT2D eigenvalue weighted by Gasteiger charge is 2.09. The van der Waals surface area contributed by atoms with Gasteiger partial charge in [0.2, 0.25) is 0 Å². The van der Waals surface area contributed by atoms with Crippen molar-refractivity contribution < 1.29 is 14.6 Å². The van der Waals surface area contributed by atoms with Gasteiger partial charge in [-0.15, -0.1) is 0 Å². The van der Waals surface area contributed by atoms with Crippen LogP contribution in [0.4, 0.5) is 0 Å². The molecule has 2 rings (SSSR count). The molecule has 1 N–H and O–H groups in total. The number of aryl methyl sites for hydroxylation is 1. The molecule has 0 radical (unpaired) electrons. The second-order valence-corrected chi connectivity index (χ2v) is 5.08. The average molecular weight is 286 g/mol. The third-order valence-corrected chi connectivity index (χ3v) is 3.18. The zero-order valence-corrected chi connectivity index (χ0v) is 12.6. The van der Waals surface area contributed by atoms with Gasteiger partial charge >= 0.3 is 0 Å². The summed E-state index contributed by atoms with van der Waals surface area (Å²) in [6, 6.07) is 15.6. The van der Waals surface area contributed by atoms with Gasteiger partial charge < -0.3 is 14.6 Å². The molecule has 0 saturated carbocycles. The third kappa shape index (κ3) is 4.80. The van der Waals surface area contributed by atoms with Crippen LogP contribution in [0.15, 0.2) is 48.5 Å². The van der Waals surface area contributed by atoms with Crippen LogP contribution < -0.4 is 9.47 Å². The van der Waals surface area contributed by atoms with Gasteiger partial charge in [-0.1, -0.05) is 30.3 Å². The molecule has 2 aromatic rings. The lowest BCUT2D eigenvalue weighted by Crippen LogP contribution is -2.07. The minimum Gasteiger partial charge on any atom is -0.493 e. The zero-order chi connectivity index (χ0) is 15.1. The molecule has 0 bridgehead atoms. The Balaban J connectivity index is 1.79. The van der Waals surface area contributed by atoms with Gasteiger partial charge in [-0.25, -0.2) is 0 Å². The molecule has 0 amide bonds. The molecule has 112 valence electrons. The first-order valence-corrected chi connectivity index (χ1v) is 7.26. The van der Waals surface area contributed by atoms with E-state index >= 15 is 0 Å². The summed E-state index contributed by atoms with van der Waals surface area (Å²) < 4.78 is 11.4. The standard InChI is InChI=1S/C18H22O3/c1-14-9-10-17(15(2)19)18(13-14)21-12-6-11-20-16-7-4-3-5-8-16/h3-5,7-10,13,15,19H,6,11-12H2,1-2H3. The fraction of sp³-hybridized carbons (Fsp3) is 0.333. The quantitative estimate of drug-likeness (QED) is 0.785. The number of aliphatic hydroxyl groups is 1. The lowest BCUT2D eigenvalue weighted by Gasteiger charge is -2.14. The number of benzene rings is 2. The number of ether oxygens (including phenoxy) is 2. The van der Waals surface area contributed by atoms with Crippen LogP contribution in [0.3, 0.4) is 0 Å². The van der Waals surface area contributed by atoms with E-state index in [4.69, 9.17) is 9.47 Å². The van der Waals surface area contributed by atoms with Gasteiger partial charge in [0.1, 0.15) is 11.5 Å². The van der Waals surface area contributed by atoms with Crippen LogP contribution in [-0.2, 0) is 0 Å². The summed E-state index contributed by atoms with van der Waals surface area (Å²) in [5.74, 6) is 1.63. The van der Waals surface area contributed by atoms with E-state index in [1.54, 1.807) is 6.92 Å². The van der Waals surface area contributed by atoms with Crippen molar-refractivity contribution in [3.63, 3.8) is 0 Å². The molecule has 2 aromatic carbocycles. The highest BCUT2D eigenvalue weighted by atomic mass is 16.5. The van der Waals surface area contributed by atoms with Crippen molar-refractivity contribution in [3.8, 4) is 11.5 Å². The molecule has 0 aromatic heterocycles. The Morgan fingerprint density at radius 3 is 2.43 bits per heavy atom. The van der Waals surface area contributed by atoms with E-state index in [0.29, 0.717) is 13.2 Å². The van der Waals surface area contributed by atoms with Gasteiger partial charge in [-0.3, -0.25) is 0 Å². The Morgan fingerprint density at radius 2 is 1.71 bits per heavy atom. The molecule has 0 heterocycles. The molecule has 0 aliphatic carbocycles. The fourth-order valence-corrected chi connectivity index (χ4v) is 2.06. The van der Waals surface area contributed by atoms with Gasteiger partial charge in [0.15, 0.2) is 0 Å². The Hall–Kier alpha value is -2.00. The molecule has 1 atom stereocenters. The van der Waals surface area contributed by atoms with Crippen molar-refractivity contribution in [3.05, 3.63) is 59.7 Å². The number of rotatable bonds is 7. The summed E-state index contributed by atoms with van der Waals surface area (Å²) in [7, 11) is 0. The molecular formula is C18H22O3. The van der Waals surface area contributed by atoms with Crippen LogP contribution in [0.25, 0.3) is 0 Å². The minimum absolute atomic E-state index is 0.527. The van der Waals surface area contributed by atoms with Gasteiger partial charge in [0.25, 0.3) is 0 Å². The monoisotopic (exact) mass is 286 g/mol. The predicted octanol–water partition coefficient (Wildman–Crippen LogP) is 3.90. The lowest BCUT2D eigenvalue weighted by molar-refractivity contribution is 0.188. The van der Waals surface area contributed by atoms with Crippen LogP contribution in [0.1, 0.15) is 30.6 Å². The van der Waals surface area contributed by atoms with E-state index in [1.165, 1.54) is 0 Å².